The third kappa shape index (κ3) is 3.55. The molecule has 2 N–H and O–H groups in total. The third-order valence-electron chi connectivity index (χ3n) is 3.35. The maximum absolute atomic E-state index is 12.3. The van der Waals surface area contributed by atoms with E-state index in [1.165, 1.54) is 4.90 Å². The zero-order valence-electron chi connectivity index (χ0n) is 12.1. The zero-order chi connectivity index (χ0) is 15.7. The number of carboxylic acid groups (broad SMARTS) is 1. The lowest BCUT2D eigenvalue weighted by molar-refractivity contribution is -0.157. The number of rotatable bonds is 4. The summed E-state index contributed by atoms with van der Waals surface area (Å²) < 4.78 is 0. The smallest absolute Gasteiger partial charge is 0.303 e. The summed E-state index contributed by atoms with van der Waals surface area (Å²) in [6.45, 7) is 6.24. The number of nitrogens with one attached hydrogen (secondary N) is 1. The summed E-state index contributed by atoms with van der Waals surface area (Å²) in [7, 11) is 0. The zero-order valence-corrected chi connectivity index (χ0v) is 12.1. The van der Waals surface area contributed by atoms with E-state index in [2.05, 4.69) is 5.32 Å². The fraction of sp³-hybridized carbons (Fsp3) is 0.692. The van der Waals surface area contributed by atoms with Crippen LogP contribution in [-0.2, 0) is 19.2 Å². The Bertz CT molecular complexity index is 467. The van der Waals surface area contributed by atoms with Gasteiger partial charge in [-0.3, -0.25) is 24.5 Å². The van der Waals surface area contributed by atoms with Crippen molar-refractivity contribution >= 4 is 23.7 Å². The van der Waals surface area contributed by atoms with Gasteiger partial charge < -0.3 is 10.0 Å². The first-order valence-corrected chi connectivity index (χ1v) is 6.32. The van der Waals surface area contributed by atoms with Crippen molar-refractivity contribution in [3.8, 4) is 0 Å². The summed E-state index contributed by atoms with van der Waals surface area (Å²) in [5, 5.41) is 11.0. The molecule has 0 atom stereocenters. The summed E-state index contributed by atoms with van der Waals surface area (Å²) >= 11 is 0. The van der Waals surface area contributed by atoms with Crippen LogP contribution < -0.4 is 5.32 Å². The average Bonchev–Trinajstić information content (AvgIpc) is 2.20. The van der Waals surface area contributed by atoms with E-state index in [1.807, 2.05) is 0 Å². The Morgan fingerprint density at radius 3 is 2.35 bits per heavy atom. The Balaban J connectivity index is 2.87. The Kier molecular flexibility index (Phi) is 4.21. The van der Waals surface area contributed by atoms with Gasteiger partial charge in [-0.2, -0.15) is 0 Å². The van der Waals surface area contributed by atoms with Crippen LogP contribution in [0.15, 0.2) is 0 Å². The Hall–Kier alpha value is -1.92. The molecule has 0 saturated carbocycles. The highest BCUT2D eigenvalue weighted by atomic mass is 16.4. The minimum atomic E-state index is -1.12. The summed E-state index contributed by atoms with van der Waals surface area (Å²) in [6.07, 6.45) is -0.198. The van der Waals surface area contributed by atoms with Gasteiger partial charge in [0, 0.05) is 6.42 Å². The van der Waals surface area contributed by atoms with E-state index in [9.17, 15) is 19.2 Å². The first-order chi connectivity index (χ1) is 8.95. The quantitative estimate of drug-likeness (QED) is 0.715. The molecule has 0 aromatic carbocycles. The number of carbonyl (C=O) groups is 4. The van der Waals surface area contributed by atoms with Crippen LogP contribution >= 0.6 is 0 Å². The van der Waals surface area contributed by atoms with Crippen molar-refractivity contribution < 1.29 is 24.3 Å². The molecule has 7 nitrogen and oxygen atoms in total. The number of nitrogens with zero attached hydrogens (tertiary/aromatic N) is 1. The van der Waals surface area contributed by atoms with E-state index in [-0.39, 0.29) is 19.4 Å². The summed E-state index contributed by atoms with van der Waals surface area (Å²) in [5.74, 6) is -2.45. The largest absolute Gasteiger partial charge is 0.481 e. The van der Waals surface area contributed by atoms with Gasteiger partial charge in [-0.05, 0) is 19.3 Å². The molecule has 0 aromatic rings. The number of hydrogen-bond acceptors (Lipinski definition) is 4. The van der Waals surface area contributed by atoms with Crippen molar-refractivity contribution in [2.45, 2.75) is 46.1 Å². The first kappa shape index (κ1) is 16.1. The number of hydrogen-bond donors (Lipinski definition) is 2. The molecule has 1 rings (SSSR count). The highest BCUT2D eigenvalue weighted by Gasteiger charge is 2.44. The lowest BCUT2D eigenvalue weighted by Gasteiger charge is -2.41. The average molecular weight is 284 g/mol. The predicted octanol–water partition coefficient (Wildman–Crippen LogP) is 0.141. The van der Waals surface area contributed by atoms with Gasteiger partial charge in [0.15, 0.2) is 0 Å². The molecule has 1 aliphatic heterocycles. The Morgan fingerprint density at radius 2 is 1.85 bits per heavy atom. The monoisotopic (exact) mass is 284 g/mol. The third-order valence-corrected chi connectivity index (χ3v) is 3.35. The molecule has 7 heteroatoms. The van der Waals surface area contributed by atoms with Crippen molar-refractivity contribution in [1.29, 1.82) is 0 Å². The molecule has 1 heterocycles. The van der Waals surface area contributed by atoms with Crippen molar-refractivity contribution in [3.05, 3.63) is 0 Å². The topological polar surface area (TPSA) is 104 Å². The van der Waals surface area contributed by atoms with E-state index < -0.39 is 34.6 Å². The second-order valence-corrected chi connectivity index (χ2v) is 6.33. The Labute approximate surface area is 117 Å². The van der Waals surface area contributed by atoms with Gasteiger partial charge in [-0.15, -0.1) is 0 Å². The molecule has 0 aromatic heterocycles. The van der Waals surface area contributed by atoms with Gasteiger partial charge >= 0.3 is 5.97 Å². The van der Waals surface area contributed by atoms with Crippen molar-refractivity contribution in [2.75, 3.05) is 6.54 Å². The van der Waals surface area contributed by atoms with Gasteiger partial charge in [-0.1, -0.05) is 13.8 Å². The van der Waals surface area contributed by atoms with Crippen LogP contribution in [0.5, 0.6) is 0 Å². The van der Waals surface area contributed by atoms with Crippen LogP contribution in [0.4, 0.5) is 0 Å². The van der Waals surface area contributed by atoms with E-state index in [0.29, 0.717) is 0 Å². The summed E-state index contributed by atoms with van der Waals surface area (Å²) in [6, 6.07) is 0. The lowest BCUT2D eigenvalue weighted by Crippen LogP contribution is -2.65. The van der Waals surface area contributed by atoms with Gasteiger partial charge in [0.2, 0.25) is 11.8 Å². The van der Waals surface area contributed by atoms with Crippen LogP contribution in [0.1, 0.15) is 40.5 Å². The molecule has 112 valence electrons. The van der Waals surface area contributed by atoms with E-state index >= 15 is 0 Å². The maximum Gasteiger partial charge on any atom is 0.303 e. The second-order valence-electron chi connectivity index (χ2n) is 6.33. The first-order valence-electron chi connectivity index (χ1n) is 6.32. The van der Waals surface area contributed by atoms with Crippen LogP contribution in [0, 0.1) is 5.41 Å². The number of carbonyl (C=O) groups excluding carboxylic acids is 3. The van der Waals surface area contributed by atoms with Crippen molar-refractivity contribution in [2.24, 2.45) is 5.41 Å². The summed E-state index contributed by atoms with van der Waals surface area (Å²) in [4.78, 5) is 47.4. The predicted molar refractivity (Wildman–Crippen MR) is 69.6 cm³/mol. The number of piperazine rings is 1. The Morgan fingerprint density at radius 1 is 1.30 bits per heavy atom. The number of imide groups is 1. The van der Waals surface area contributed by atoms with Crippen LogP contribution in [0.25, 0.3) is 0 Å². The van der Waals surface area contributed by atoms with Gasteiger partial charge in [0.1, 0.15) is 12.1 Å². The fourth-order valence-electron chi connectivity index (χ4n) is 2.16. The van der Waals surface area contributed by atoms with E-state index in [4.69, 9.17) is 5.11 Å². The molecule has 0 aliphatic carbocycles. The fourth-order valence-corrected chi connectivity index (χ4v) is 2.16. The second kappa shape index (κ2) is 5.22. The number of amides is 3. The maximum atomic E-state index is 12.3. The van der Waals surface area contributed by atoms with Crippen LogP contribution in [0.3, 0.4) is 0 Å². The highest BCUT2D eigenvalue weighted by molar-refractivity contribution is 6.06. The van der Waals surface area contributed by atoms with E-state index in [1.54, 1.807) is 27.7 Å². The van der Waals surface area contributed by atoms with Gasteiger partial charge in [0.25, 0.3) is 5.91 Å². The normalized spacial score (nSPS) is 18.7. The molecule has 1 fully saturated rings. The molecule has 0 radical (unpaired) electrons. The molecule has 0 unspecified atom stereocenters. The molecule has 3 amide bonds. The highest BCUT2D eigenvalue weighted by Crippen LogP contribution is 2.28. The molecular weight excluding hydrogens is 264 g/mol. The minimum Gasteiger partial charge on any atom is -0.481 e. The van der Waals surface area contributed by atoms with Crippen LogP contribution in [0.2, 0.25) is 0 Å². The standard InChI is InChI=1S/C13H20N2O5/c1-12(2,6-10(18)19)5-9(17)15-7-8(16)14-11(20)13(15,3)4/h5-7H2,1-4H3,(H,18,19)(H,14,16,20). The molecule has 0 spiro atoms. The SMILES string of the molecule is CC(C)(CC(=O)O)CC(=O)N1CC(=O)NC(=O)C1(C)C. The summed E-state index contributed by atoms with van der Waals surface area (Å²) in [5.41, 5.74) is -1.86. The van der Waals surface area contributed by atoms with Gasteiger partial charge in [-0.25, -0.2) is 0 Å². The molecule has 20 heavy (non-hydrogen) atoms. The number of carboxylic acids is 1. The molecule has 1 saturated heterocycles. The molecule has 0 bridgehead atoms. The van der Waals surface area contributed by atoms with Gasteiger partial charge in [0.05, 0.1) is 6.42 Å². The van der Waals surface area contributed by atoms with E-state index in [0.717, 1.165) is 0 Å². The van der Waals surface area contributed by atoms with Crippen molar-refractivity contribution in [3.63, 3.8) is 0 Å². The number of aliphatic carboxylic acids is 1. The lowest BCUT2D eigenvalue weighted by atomic mass is 9.84. The minimum absolute atomic E-state index is 0.0384. The van der Waals surface area contributed by atoms with Crippen LogP contribution in [-0.4, -0.2) is 45.8 Å². The molecular formula is C13H20N2O5. The van der Waals surface area contributed by atoms with Crippen molar-refractivity contribution in [1.82, 2.24) is 10.2 Å². The molecule has 1 aliphatic rings.